The van der Waals surface area contributed by atoms with Gasteiger partial charge in [-0.25, -0.2) is 9.97 Å². The highest BCUT2D eigenvalue weighted by molar-refractivity contribution is 5.71. The summed E-state index contributed by atoms with van der Waals surface area (Å²) in [5, 5.41) is 19.2. The number of nitrogens with one attached hydrogen (secondary N) is 2. The van der Waals surface area contributed by atoms with Crippen LogP contribution in [0.15, 0.2) is 36.7 Å². The molecule has 1 aliphatic rings. The van der Waals surface area contributed by atoms with Crippen molar-refractivity contribution in [3.05, 3.63) is 47.9 Å². The van der Waals surface area contributed by atoms with Crippen molar-refractivity contribution in [1.82, 2.24) is 20.2 Å². The smallest absolute Gasteiger partial charge is 0.158 e. The summed E-state index contributed by atoms with van der Waals surface area (Å²) >= 11 is 0. The molecule has 0 bridgehead atoms. The average molecular weight is 390 g/mol. The van der Waals surface area contributed by atoms with Gasteiger partial charge >= 0.3 is 0 Å². The summed E-state index contributed by atoms with van der Waals surface area (Å²) in [6.45, 7) is 1.71. The molecule has 8 nitrogen and oxygen atoms in total. The molecule has 2 N–H and O–H groups in total. The molecular weight excluding hydrogens is 368 g/mol. The number of nitriles is 1. The van der Waals surface area contributed by atoms with E-state index in [0.29, 0.717) is 17.6 Å². The molecule has 2 aromatic heterocycles. The predicted octanol–water partition coefficient (Wildman–Crippen LogP) is 3.46. The molecule has 3 aromatic rings. The Morgan fingerprint density at radius 2 is 2.07 bits per heavy atom. The first-order valence-corrected chi connectivity index (χ1v) is 9.55. The number of hydrogen-bond acceptors (Lipinski definition) is 7. The topological polar surface area (TPSA) is 109 Å². The van der Waals surface area contributed by atoms with Crippen molar-refractivity contribution in [2.24, 2.45) is 5.92 Å². The third-order valence-corrected chi connectivity index (χ3v) is 5.02. The van der Waals surface area contributed by atoms with Crippen LogP contribution in [-0.4, -0.2) is 40.5 Å². The van der Waals surface area contributed by atoms with Crippen molar-refractivity contribution in [3.63, 3.8) is 0 Å². The highest BCUT2D eigenvalue weighted by Gasteiger charge is 2.16. The summed E-state index contributed by atoms with van der Waals surface area (Å²) in [4.78, 5) is 8.14. The highest BCUT2D eigenvalue weighted by atomic mass is 16.5. The lowest BCUT2D eigenvalue weighted by Crippen LogP contribution is -2.17. The molecule has 0 radical (unpaired) electrons. The van der Waals surface area contributed by atoms with Crippen molar-refractivity contribution >= 4 is 11.6 Å². The Morgan fingerprint density at radius 3 is 2.79 bits per heavy atom. The van der Waals surface area contributed by atoms with Crippen LogP contribution in [0.1, 0.15) is 24.1 Å². The van der Waals surface area contributed by atoms with Crippen LogP contribution in [0, 0.1) is 17.2 Å². The summed E-state index contributed by atoms with van der Waals surface area (Å²) < 4.78 is 11.1. The minimum atomic E-state index is 0.267. The molecule has 1 saturated heterocycles. The van der Waals surface area contributed by atoms with Gasteiger partial charge < -0.3 is 14.8 Å². The largest absolute Gasteiger partial charge is 0.496 e. The van der Waals surface area contributed by atoms with E-state index in [9.17, 15) is 0 Å². The molecule has 1 fully saturated rings. The number of rotatable bonds is 6. The van der Waals surface area contributed by atoms with Gasteiger partial charge in [-0.2, -0.15) is 10.4 Å². The molecule has 0 spiro atoms. The molecule has 8 heteroatoms. The molecule has 29 heavy (non-hydrogen) atoms. The van der Waals surface area contributed by atoms with Gasteiger partial charge in [-0.1, -0.05) is 6.07 Å². The van der Waals surface area contributed by atoms with Crippen molar-refractivity contribution in [1.29, 1.82) is 5.26 Å². The summed E-state index contributed by atoms with van der Waals surface area (Å²) in [5.74, 6) is 2.59. The first-order valence-electron chi connectivity index (χ1n) is 9.55. The lowest BCUT2D eigenvalue weighted by Gasteiger charge is -2.22. The monoisotopic (exact) mass is 390 g/mol. The minimum absolute atomic E-state index is 0.267. The molecule has 0 atom stereocenters. The lowest BCUT2D eigenvalue weighted by atomic mass is 9.91. The molecule has 0 aliphatic carbocycles. The molecule has 1 aromatic carbocycles. The van der Waals surface area contributed by atoms with E-state index in [2.05, 4.69) is 43.7 Å². The van der Waals surface area contributed by atoms with E-state index in [4.69, 9.17) is 14.7 Å². The molecule has 1 aliphatic heterocycles. The van der Waals surface area contributed by atoms with Crippen LogP contribution >= 0.6 is 0 Å². The fraction of sp³-hybridized carbons (Fsp3) is 0.333. The molecule has 0 saturated carbocycles. The summed E-state index contributed by atoms with van der Waals surface area (Å²) in [6, 6.07) is 10.1. The van der Waals surface area contributed by atoms with E-state index in [1.165, 1.54) is 18.0 Å². The third-order valence-electron chi connectivity index (χ3n) is 5.02. The maximum Gasteiger partial charge on any atom is 0.158 e. The van der Waals surface area contributed by atoms with Crippen LogP contribution in [0.5, 0.6) is 5.75 Å². The van der Waals surface area contributed by atoms with Crippen LogP contribution in [-0.2, 0) is 11.2 Å². The standard InChI is InChI=1S/C21H22N6O2/c1-28-19-9-15(8-14-4-6-29-7-5-14)2-3-17(19)18-10-20(27-26-18)25-21-13-23-16(11-22)12-24-21/h2-3,9-10,12-14H,4-8H2,1H3,(H2,24,25,26,27). The summed E-state index contributed by atoms with van der Waals surface area (Å²) in [6.07, 6.45) is 6.16. The van der Waals surface area contributed by atoms with Crippen LogP contribution in [0.3, 0.4) is 0 Å². The molecule has 148 valence electrons. The predicted molar refractivity (Wildman–Crippen MR) is 108 cm³/mol. The SMILES string of the molecule is COc1cc(CC2CCOCC2)ccc1-c1cc(Nc2cnc(C#N)cn2)n[nH]1. The second-order valence-electron chi connectivity index (χ2n) is 6.99. The number of methoxy groups -OCH3 is 1. The zero-order chi connectivity index (χ0) is 20.1. The van der Waals surface area contributed by atoms with Gasteiger partial charge in [-0.05, 0) is 42.9 Å². The van der Waals surface area contributed by atoms with Crippen molar-refractivity contribution in [2.75, 3.05) is 25.6 Å². The second kappa shape index (κ2) is 8.71. The Morgan fingerprint density at radius 1 is 1.21 bits per heavy atom. The molecular formula is C21H22N6O2. The number of aromatic amines is 1. The van der Waals surface area contributed by atoms with Crippen LogP contribution in [0.4, 0.5) is 11.6 Å². The van der Waals surface area contributed by atoms with Crippen molar-refractivity contribution < 1.29 is 9.47 Å². The van der Waals surface area contributed by atoms with E-state index in [1.807, 2.05) is 12.1 Å². The van der Waals surface area contributed by atoms with Gasteiger partial charge in [0.25, 0.3) is 0 Å². The molecule has 4 rings (SSSR count). The Kier molecular flexibility index (Phi) is 5.68. The number of nitrogens with zero attached hydrogens (tertiary/aromatic N) is 4. The fourth-order valence-corrected chi connectivity index (χ4v) is 3.47. The van der Waals surface area contributed by atoms with Gasteiger partial charge in [0.05, 0.1) is 25.2 Å². The maximum atomic E-state index is 8.80. The molecule has 0 amide bonds. The molecule has 3 heterocycles. The summed E-state index contributed by atoms with van der Waals surface area (Å²) in [5.41, 5.74) is 3.31. The number of hydrogen-bond donors (Lipinski definition) is 2. The minimum Gasteiger partial charge on any atom is -0.496 e. The van der Waals surface area contributed by atoms with Gasteiger partial charge in [0.2, 0.25) is 0 Å². The fourth-order valence-electron chi connectivity index (χ4n) is 3.47. The zero-order valence-corrected chi connectivity index (χ0v) is 16.2. The van der Waals surface area contributed by atoms with Gasteiger partial charge in [0.1, 0.15) is 17.6 Å². The Balaban J connectivity index is 1.49. The first kappa shape index (κ1) is 18.9. The Hall–Kier alpha value is -3.44. The zero-order valence-electron chi connectivity index (χ0n) is 16.2. The normalized spacial score (nSPS) is 14.3. The highest BCUT2D eigenvalue weighted by Crippen LogP contribution is 2.32. The second-order valence-corrected chi connectivity index (χ2v) is 6.99. The summed E-state index contributed by atoms with van der Waals surface area (Å²) in [7, 11) is 1.68. The van der Waals surface area contributed by atoms with Crippen LogP contribution in [0.25, 0.3) is 11.3 Å². The number of anilines is 2. The van der Waals surface area contributed by atoms with E-state index in [0.717, 1.165) is 49.5 Å². The average Bonchev–Trinajstić information content (AvgIpc) is 3.23. The van der Waals surface area contributed by atoms with Gasteiger partial charge in [0, 0.05) is 24.8 Å². The third kappa shape index (κ3) is 4.52. The van der Waals surface area contributed by atoms with Crippen LogP contribution in [0.2, 0.25) is 0 Å². The lowest BCUT2D eigenvalue weighted by molar-refractivity contribution is 0.0665. The number of benzene rings is 1. The van der Waals surface area contributed by atoms with E-state index in [-0.39, 0.29) is 5.69 Å². The van der Waals surface area contributed by atoms with E-state index in [1.54, 1.807) is 7.11 Å². The van der Waals surface area contributed by atoms with Crippen molar-refractivity contribution in [2.45, 2.75) is 19.3 Å². The first-order chi connectivity index (χ1) is 14.2. The van der Waals surface area contributed by atoms with Crippen LogP contribution < -0.4 is 10.1 Å². The van der Waals surface area contributed by atoms with Gasteiger partial charge in [0.15, 0.2) is 11.5 Å². The van der Waals surface area contributed by atoms with Crippen molar-refractivity contribution in [3.8, 4) is 23.1 Å². The number of aromatic nitrogens is 4. The maximum absolute atomic E-state index is 8.80. The van der Waals surface area contributed by atoms with Gasteiger partial charge in [-0.15, -0.1) is 0 Å². The van der Waals surface area contributed by atoms with E-state index >= 15 is 0 Å². The molecule has 0 unspecified atom stereocenters. The number of H-pyrrole nitrogens is 1. The Bertz CT molecular complexity index is 1000. The van der Waals surface area contributed by atoms with Gasteiger partial charge in [-0.3, -0.25) is 5.10 Å². The number of ether oxygens (including phenoxy) is 2. The van der Waals surface area contributed by atoms with E-state index < -0.39 is 0 Å². The quantitative estimate of drug-likeness (QED) is 0.663. The Labute approximate surface area is 168 Å².